The van der Waals surface area contributed by atoms with Crippen molar-refractivity contribution in [2.75, 3.05) is 13.1 Å². The van der Waals surface area contributed by atoms with Crippen molar-refractivity contribution in [1.82, 2.24) is 30.2 Å². The van der Waals surface area contributed by atoms with E-state index in [2.05, 4.69) is 28.3 Å². The quantitative estimate of drug-likeness (QED) is 0.221. The smallest absolute Gasteiger partial charge is 0.310 e. The number of carbonyl (C=O) groups is 3. The van der Waals surface area contributed by atoms with Crippen LogP contribution in [0, 0.1) is 23.7 Å². The number of hydrogen-bond acceptors (Lipinski definition) is 7. The Balaban J connectivity index is 1.08. The monoisotopic (exact) mass is 692 g/mol. The summed E-state index contributed by atoms with van der Waals surface area (Å²) in [5, 5.41) is 12.2. The number of likely N-dealkylation sites (tertiary alicyclic amines) is 1. The number of hydrogen-bond donors (Lipinski definition) is 2. The van der Waals surface area contributed by atoms with Crippen LogP contribution in [0.4, 0.5) is 0 Å². The Morgan fingerprint density at radius 3 is 2.12 bits per heavy atom. The molecule has 2 aliphatic carbocycles. The number of nitrogens with zero attached hydrogens (tertiary/aromatic N) is 5. The van der Waals surface area contributed by atoms with E-state index >= 15 is 0 Å². The minimum Gasteiger partial charge on any atom is -0.481 e. The Hall–Kier alpha value is -4.47. The molecule has 2 N–H and O–H groups in total. The summed E-state index contributed by atoms with van der Waals surface area (Å²) in [6, 6.07) is 6.79. The highest BCUT2D eigenvalue weighted by atomic mass is 16.4. The molecule has 3 heterocycles. The molecule has 10 heteroatoms. The summed E-state index contributed by atoms with van der Waals surface area (Å²) in [5.74, 6) is 1.56. The van der Waals surface area contributed by atoms with Gasteiger partial charge in [-0.05, 0) is 61.0 Å². The fourth-order valence-electron chi connectivity index (χ4n) is 7.88. The molecule has 10 nitrogen and oxygen atoms in total. The lowest BCUT2D eigenvalue weighted by Crippen LogP contribution is -2.59. The summed E-state index contributed by atoms with van der Waals surface area (Å²) in [6.45, 7) is 8.51. The van der Waals surface area contributed by atoms with Crippen molar-refractivity contribution in [2.24, 2.45) is 23.7 Å². The Kier molecular flexibility index (Phi) is 11.3. The van der Waals surface area contributed by atoms with Crippen LogP contribution in [-0.4, -0.2) is 66.9 Å². The van der Waals surface area contributed by atoms with E-state index < -0.39 is 23.8 Å². The van der Waals surface area contributed by atoms with Crippen LogP contribution in [0.15, 0.2) is 55.1 Å². The first-order chi connectivity index (χ1) is 24.5. The number of nitrogens with one attached hydrogen (secondary N) is 1. The van der Waals surface area contributed by atoms with Crippen molar-refractivity contribution < 1.29 is 19.5 Å². The van der Waals surface area contributed by atoms with E-state index in [4.69, 9.17) is 9.97 Å². The van der Waals surface area contributed by atoms with Crippen molar-refractivity contribution in [2.45, 2.75) is 103 Å². The second-order valence-corrected chi connectivity index (χ2v) is 15.9. The molecular formula is C41H52N6O4. The molecule has 2 amide bonds. The number of allylic oxidation sites excluding steroid dienone is 2. The molecule has 51 heavy (non-hydrogen) atoms. The van der Waals surface area contributed by atoms with Gasteiger partial charge < -0.3 is 15.3 Å². The number of benzene rings is 1. The lowest BCUT2D eigenvalue weighted by atomic mass is 9.70. The van der Waals surface area contributed by atoms with E-state index in [1.54, 1.807) is 0 Å². The van der Waals surface area contributed by atoms with Gasteiger partial charge >= 0.3 is 5.97 Å². The molecule has 1 aliphatic heterocycles. The summed E-state index contributed by atoms with van der Waals surface area (Å²) >= 11 is 0. The molecule has 2 unspecified atom stereocenters. The highest BCUT2D eigenvalue weighted by molar-refractivity contribution is 5.97. The minimum absolute atomic E-state index is 0.119. The van der Waals surface area contributed by atoms with E-state index in [1.807, 2.05) is 57.4 Å². The number of carboxylic acid groups (broad SMARTS) is 1. The molecule has 2 aromatic heterocycles. The van der Waals surface area contributed by atoms with Crippen LogP contribution < -0.4 is 5.32 Å². The van der Waals surface area contributed by atoms with Gasteiger partial charge in [0.2, 0.25) is 5.91 Å². The molecule has 0 radical (unpaired) electrons. The number of carbonyl (C=O) groups excluding carboxylic acids is 2. The Morgan fingerprint density at radius 1 is 0.882 bits per heavy atom. The Labute approximate surface area is 301 Å². The van der Waals surface area contributed by atoms with Gasteiger partial charge in [-0.3, -0.25) is 14.4 Å². The van der Waals surface area contributed by atoms with Gasteiger partial charge in [0.05, 0.1) is 11.5 Å². The third-order valence-electron chi connectivity index (χ3n) is 11.1. The fourth-order valence-corrected chi connectivity index (χ4v) is 7.88. The first kappa shape index (κ1) is 36.3. The average Bonchev–Trinajstić information content (AvgIpc) is 3.11. The second-order valence-electron chi connectivity index (χ2n) is 15.9. The van der Waals surface area contributed by atoms with Crippen molar-refractivity contribution in [3.8, 4) is 11.4 Å². The number of carboxylic acids is 1. The topological polar surface area (TPSA) is 138 Å². The predicted octanol–water partition coefficient (Wildman–Crippen LogP) is 6.91. The third-order valence-corrected chi connectivity index (χ3v) is 11.1. The average molecular weight is 693 g/mol. The van der Waals surface area contributed by atoms with E-state index in [9.17, 15) is 19.5 Å². The zero-order valence-corrected chi connectivity index (χ0v) is 30.5. The molecule has 6 rings (SSSR count). The molecule has 270 valence electrons. The lowest BCUT2D eigenvalue weighted by Gasteiger charge is -2.39. The van der Waals surface area contributed by atoms with Crippen LogP contribution in [0.3, 0.4) is 0 Å². The molecule has 0 spiro atoms. The maximum absolute atomic E-state index is 13.5. The van der Waals surface area contributed by atoms with Crippen LogP contribution in [-0.2, 0) is 21.4 Å². The van der Waals surface area contributed by atoms with Gasteiger partial charge in [-0.2, -0.15) is 0 Å². The Bertz CT molecular complexity index is 1700. The van der Waals surface area contributed by atoms with Crippen LogP contribution in [0.5, 0.6) is 0 Å². The van der Waals surface area contributed by atoms with Crippen LogP contribution in [0.2, 0.25) is 0 Å². The van der Waals surface area contributed by atoms with E-state index in [-0.39, 0.29) is 36.4 Å². The zero-order valence-electron chi connectivity index (χ0n) is 30.5. The number of amides is 2. The van der Waals surface area contributed by atoms with Crippen molar-refractivity contribution in [1.29, 1.82) is 0 Å². The van der Waals surface area contributed by atoms with Crippen LogP contribution in [0.1, 0.15) is 113 Å². The number of rotatable bonds is 11. The first-order valence-corrected chi connectivity index (χ1v) is 18.7. The van der Waals surface area contributed by atoms with Gasteiger partial charge in [-0.15, -0.1) is 0 Å². The van der Waals surface area contributed by atoms with Crippen molar-refractivity contribution in [3.05, 3.63) is 77.6 Å². The van der Waals surface area contributed by atoms with Gasteiger partial charge in [0.15, 0.2) is 5.82 Å². The fraction of sp³-hybridized carbons (Fsp3) is 0.537. The summed E-state index contributed by atoms with van der Waals surface area (Å²) in [4.78, 5) is 57.7. The van der Waals surface area contributed by atoms with Crippen molar-refractivity contribution >= 4 is 23.4 Å². The summed E-state index contributed by atoms with van der Waals surface area (Å²) in [5.41, 5.74) is 4.11. The molecular weight excluding hydrogens is 640 g/mol. The molecule has 3 aliphatic rings. The van der Waals surface area contributed by atoms with E-state index in [1.165, 1.54) is 67.8 Å². The van der Waals surface area contributed by atoms with E-state index in [0.29, 0.717) is 11.6 Å². The first-order valence-electron chi connectivity index (χ1n) is 18.7. The predicted molar refractivity (Wildman–Crippen MR) is 197 cm³/mol. The van der Waals surface area contributed by atoms with Gasteiger partial charge in [-0.25, -0.2) is 19.9 Å². The summed E-state index contributed by atoms with van der Waals surface area (Å²) in [7, 11) is 0. The zero-order chi connectivity index (χ0) is 36.1. The van der Waals surface area contributed by atoms with E-state index in [0.717, 1.165) is 47.3 Å². The molecule has 1 aromatic carbocycles. The van der Waals surface area contributed by atoms with Gasteiger partial charge in [0.25, 0.3) is 5.91 Å². The lowest BCUT2D eigenvalue weighted by molar-refractivity contribution is -0.153. The van der Waals surface area contributed by atoms with Crippen molar-refractivity contribution in [3.63, 3.8) is 0 Å². The minimum atomic E-state index is -0.930. The number of aromatic nitrogens is 4. The molecule has 2 fully saturated rings. The largest absolute Gasteiger partial charge is 0.481 e. The third kappa shape index (κ3) is 8.89. The normalized spacial score (nSPS) is 21.7. The summed E-state index contributed by atoms with van der Waals surface area (Å²) in [6.07, 6.45) is 21.2. The van der Waals surface area contributed by atoms with Gasteiger partial charge in [-0.1, -0.05) is 83.7 Å². The maximum Gasteiger partial charge on any atom is 0.310 e. The highest BCUT2D eigenvalue weighted by Gasteiger charge is 2.39. The summed E-state index contributed by atoms with van der Waals surface area (Å²) < 4.78 is 0. The number of aliphatic carboxylic acids is 1. The van der Waals surface area contributed by atoms with Crippen LogP contribution in [0.25, 0.3) is 17.0 Å². The van der Waals surface area contributed by atoms with Gasteiger partial charge in [0.1, 0.15) is 11.9 Å². The SMILES string of the molecule is CCCC1CCC(C2CC=C(c3cnc(-c4ccc(CC(NC(=O)c5cnc(C(C)(C)C)nc5)C(=O)N5CC(C(=O)O)C5)cc4)nc3)CC2)CC1. The highest BCUT2D eigenvalue weighted by Crippen LogP contribution is 2.42. The maximum atomic E-state index is 13.5. The molecule has 3 aromatic rings. The Morgan fingerprint density at radius 2 is 1.55 bits per heavy atom. The van der Waals surface area contributed by atoms with Gasteiger partial charge in [0, 0.05) is 60.8 Å². The molecule has 1 saturated heterocycles. The molecule has 0 bridgehead atoms. The second kappa shape index (κ2) is 15.8. The molecule has 2 atom stereocenters. The standard InChI is InChI=1S/C41H52N6O4/c1-5-6-26-7-11-28(12-8-26)29-15-17-30(18-16-29)32-20-42-36(43-21-32)31-13-9-27(10-14-31)19-35(38(49)47-24-34(25-47)39(50)51)46-37(48)33-22-44-40(45-23-33)41(2,3)4/h9-10,13-14,17,20-23,26,28-29,34-35H,5-8,11-12,15-16,18-19,24-25H2,1-4H3,(H,46,48)(H,50,51). The van der Waals surface area contributed by atoms with Crippen LogP contribution >= 0.6 is 0 Å². The molecule has 1 saturated carbocycles.